The van der Waals surface area contributed by atoms with Crippen molar-refractivity contribution in [1.82, 2.24) is 5.32 Å². The first-order valence-electron chi connectivity index (χ1n) is 2.37. The maximum Gasteiger partial charge on any atom is 0.229 e. The second-order valence-corrected chi connectivity index (χ2v) is 1.85. The topological polar surface area (TPSA) is 55.1 Å². The molecule has 3 N–H and O–H groups in total. The number of nitrogens with two attached hydrogens (primary N) is 1. The average molecular weight is 144 g/mol. The Kier molecular flexibility index (Phi) is 3.62. The van der Waals surface area contributed by atoms with E-state index in [0.29, 0.717) is 0 Å². The first kappa shape index (κ1) is 8.10. The Hall–Kier alpha value is -0.900. The number of rotatable bonds is 2. The fourth-order valence-corrected chi connectivity index (χ4v) is 0.433. The summed E-state index contributed by atoms with van der Waals surface area (Å²) in [6.45, 7) is 3.36. The molecule has 3 nitrogen and oxygen atoms in total. The molecule has 0 spiro atoms. The summed E-state index contributed by atoms with van der Waals surface area (Å²) in [6.07, 6.45) is 1.73. The van der Waals surface area contributed by atoms with Gasteiger partial charge in [0.15, 0.2) is 5.11 Å². The summed E-state index contributed by atoms with van der Waals surface area (Å²) in [5, 5.41) is 2.24. The summed E-state index contributed by atoms with van der Waals surface area (Å²) in [4.78, 5) is 10.5. The van der Waals surface area contributed by atoms with E-state index < -0.39 is 0 Å². The Morgan fingerprint density at radius 1 is 1.89 bits per heavy atom. The Morgan fingerprint density at radius 3 is 2.78 bits per heavy atom. The van der Waals surface area contributed by atoms with Crippen molar-refractivity contribution in [3.63, 3.8) is 0 Å². The quantitative estimate of drug-likeness (QED) is 0.421. The predicted octanol–water partition coefficient (Wildman–Crippen LogP) is -0.0777. The first-order chi connectivity index (χ1) is 4.16. The maximum absolute atomic E-state index is 10.5. The molecule has 0 rings (SSSR count). The lowest BCUT2D eigenvalue weighted by Gasteiger charge is -1.96. The van der Waals surface area contributed by atoms with E-state index in [-0.39, 0.29) is 17.4 Å². The molecule has 0 aliphatic heterocycles. The van der Waals surface area contributed by atoms with E-state index in [0.717, 1.165) is 0 Å². The number of carbonyl (C=O) groups is 1. The van der Waals surface area contributed by atoms with Crippen LogP contribution in [0.15, 0.2) is 12.7 Å². The lowest BCUT2D eigenvalue weighted by Crippen LogP contribution is -2.34. The van der Waals surface area contributed by atoms with E-state index in [1.165, 1.54) is 6.08 Å². The van der Waals surface area contributed by atoms with Crippen molar-refractivity contribution in [3.8, 4) is 0 Å². The number of carbonyl (C=O) groups excluding carboxylic acids is 1. The van der Waals surface area contributed by atoms with Gasteiger partial charge in [-0.15, -0.1) is 6.58 Å². The zero-order valence-corrected chi connectivity index (χ0v) is 5.70. The molecule has 0 unspecified atom stereocenters. The molecule has 0 aromatic rings. The minimum atomic E-state index is -0.225. The third-order valence-corrected chi connectivity index (χ3v) is 0.694. The van der Waals surface area contributed by atoms with Gasteiger partial charge in [0.05, 0.1) is 0 Å². The first-order valence-corrected chi connectivity index (χ1v) is 2.78. The van der Waals surface area contributed by atoms with Crippen LogP contribution in [-0.2, 0) is 4.79 Å². The third kappa shape index (κ3) is 4.96. The lowest BCUT2D eigenvalue weighted by atomic mass is 10.4. The highest BCUT2D eigenvalue weighted by Crippen LogP contribution is 1.77. The summed E-state index contributed by atoms with van der Waals surface area (Å²) in [6, 6.07) is 0. The highest BCUT2D eigenvalue weighted by molar-refractivity contribution is 7.80. The SMILES string of the molecule is C=CCC(=O)NC(N)=S. The van der Waals surface area contributed by atoms with Gasteiger partial charge in [-0.3, -0.25) is 4.79 Å². The number of hydrogen-bond acceptors (Lipinski definition) is 2. The molecule has 0 atom stereocenters. The van der Waals surface area contributed by atoms with Gasteiger partial charge in [-0.05, 0) is 12.2 Å². The summed E-state index contributed by atoms with van der Waals surface area (Å²) in [5.74, 6) is -0.225. The van der Waals surface area contributed by atoms with E-state index >= 15 is 0 Å². The van der Waals surface area contributed by atoms with Crippen LogP contribution >= 0.6 is 12.2 Å². The molecule has 0 saturated heterocycles. The van der Waals surface area contributed by atoms with Crippen molar-refractivity contribution in [2.24, 2.45) is 5.73 Å². The highest BCUT2D eigenvalue weighted by Gasteiger charge is 1.95. The van der Waals surface area contributed by atoms with Crippen LogP contribution in [0.4, 0.5) is 0 Å². The summed E-state index contributed by atoms with van der Waals surface area (Å²) >= 11 is 4.40. The van der Waals surface area contributed by atoms with Gasteiger partial charge in [0.25, 0.3) is 0 Å². The smallest absolute Gasteiger partial charge is 0.229 e. The monoisotopic (exact) mass is 144 g/mol. The van der Waals surface area contributed by atoms with Crippen LogP contribution in [0.2, 0.25) is 0 Å². The molecule has 0 heterocycles. The number of hydrogen-bond donors (Lipinski definition) is 2. The maximum atomic E-state index is 10.5. The van der Waals surface area contributed by atoms with E-state index in [1.54, 1.807) is 0 Å². The number of nitrogens with one attached hydrogen (secondary N) is 1. The molecule has 0 aliphatic rings. The van der Waals surface area contributed by atoms with Crippen molar-refractivity contribution in [3.05, 3.63) is 12.7 Å². The van der Waals surface area contributed by atoms with Gasteiger partial charge in [-0.1, -0.05) is 6.08 Å². The Labute approximate surface area is 58.9 Å². The van der Waals surface area contributed by atoms with Crippen molar-refractivity contribution < 1.29 is 4.79 Å². The molecule has 0 radical (unpaired) electrons. The molecule has 50 valence electrons. The molecule has 1 amide bonds. The summed E-state index contributed by atoms with van der Waals surface area (Å²) in [5.41, 5.74) is 4.99. The molecule has 0 aromatic heterocycles. The van der Waals surface area contributed by atoms with Gasteiger partial charge in [0.1, 0.15) is 0 Å². The Bertz CT molecular complexity index is 144. The molecule has 0 bridgehead atoms. The second-order valence-electron chi connectivity index (χ2n) is 1.41. The van der Waals surface area contributed by atoms with Gasteiger partial charge in [-0.2, -0.15) is 0 Å². The normalized spacial score (nSPS) is 8.00. The molecule has 0 fully saturated rings. The van der Waals surface area contributed by atoms with Crippen molar-refractivity contribution in [2.75, 3.05) is 0 Å². The molecule has 9 heavy (non-hydrogen) atoms. The summed E-state index contributed by atoms with van der Waals surface area (Å²) < 4.78 is 0. The van der Waals surface area contributed by atoms with Crippen molar-refractivity contribution in [1.29, 1.82) is 0 Å². The van der Waals surface area contributed by atoms with Crippen LogP contribution < -0.4 is 11.1 Å². The van der Waals surface area contributed by atoms with E-state index in [1.807, 2.05) is 0 Å². The molecular weight excluding hydrogens is 136 g/mol. The molecule has 0 aromatic carbocycles. The van der Waals surface area contributed by atoms with Crippen LogP contribution in [0.25, 0.3) is 0 Å². The lowest BCUT2D eigenvalue weighted by molar-refractivity contribution is -0.118. The third-order valence-electron chi connectivity index (χ3n) is 0.592. The largest absolute Gasteiger partial charge is 0.376 e. The van der Waals surface area contributed by atoms with Gasteiger partial charge < -0.3 is 11.1 Å². The summed E-state index contributed by atoms with van der Waals surface area (Å²) in [7, 11) is 0. The number of amides is 1. The molecule has 0 aliphatic carbocycles. The fourth-order valence-electron chi connectivity index (χ4n) is 0.320. The molecular formula is C5H8N2OS. The van der Waals surface area contributed by atoms with Crippen LogP contribution in [0, 0.1) is 0 Å². The highest BCUT2D eigenvalue weighted by atomic mass is 32.1. The van der Waals surface area contributed by atoms with Gasteiger partial charge >= 0.3 is 0 Å². The van der Waals surface area contributed by atoms with E-state index in [4.69, 9.17) is 5.73 Å². The van der Waals surface area contributed by atoms with Crippen molar-refractivity contribution in [2.45, 2.75) is 6.42 Å². The zero-order valence-electron chi connectivity index (χ0n) is 4.89. The van der Waals surface area contributed by atoms with Crippen LogP contribution in [-0.4, -0.2) is 11.0 Å². The average Bonchev–Trinajstić information content (AvgIpc) is 1.63. The zero-order chi connectivity index (χ0) is 7.28. The van der Waals surface area contributed by atoms with E-state index in [9.17, 15) is 4.79 Å². The van der Waals surface area contributed by atoms with Crippen LogP contribution in [0.3, 0.4) is 0 Å². The van der Waals surface area contributed by atoms with E-state index in [2.05, 4.69) is 24.1 Å². The predicted molar refractivity (Wildman–Crippen MR) is 39.7 cm³/mol. The van der Waals surface area contributed by atoms with Crippen LogP contribution in [0.5, 0.6) is 0 Å². The van der Waals surface area contributed by atoms with Crippen molar-refractivity contribution >= 4 is 23.2 Å². The minimum absolute atomic E-state index is 0.00171. The van der Waals surface area contributed by atoms with Gasteiger partial charge in [0, 0.05) is 6.42 Å². The molecule has 0 saturated carbocycles. The van der Waals surface area contributed by atoms with Gasteiger partial charge in [0.2, 0.25) is 5.91 Å². The van der Waals surface area contributed by atoms with Gasteiger partial charge in [-0.25, -0.2) is 0 Å². The second kappa shape index (κ2) is 4.03. The number of thiocarbonyl (C=S) groups is 1. The Balaban J connectivity index is 3.50. The standard InChI is InChI=1S/C5H8N2OS/c1-2-3-4(8)7-5(6)9/h2H,1,3H2,(H3,6,7,8,9). The fraction of sp³-hybridized carbons (Fsp3) is 0.200. The molecule has 4 heteroatoms. The van der Waals surface area contributed by atoms with Crippen LogP contribution in [0.1, 0.15) is 6.42 Å². The minimum Gasteiger partial charge on any atom is -0.376 e. The Morgan fingerprint density at radius 2 is 2.44 bits per heavy atom.